The lowest BCUT2D eigenvalue weighted by Gasteiger charge is -2.22. The van der Waals surface area contributed by atoms with E-state index in [9.17, 15) is 13.6 Å². The molecular weight excluding hydrogens is 330 g/mol. The summed E-state index contributed by atoms with van der Waals surface area (Å²) in [4.78, 5) is 18.0. The van der Waals surface area contributed by atoms with Crippen LogP contribution in [0.15, 0.2) is 29.3 Å². The van der Waals surface area contributed by atoms with Gasteiger partial charge in [-0.1, -0.05) is 12.1 Å². The Labute approximate surface area is 146 Å². The number of nitrogens with one attached hydrogen (secondary N) is 2. The summed E-state index contributed by atoms with van der Waals surface area (Å²) < 4.78 is 28.7. The van der Waals surface area contributed by atoms with Gasteiger partial charge in [-0.15, -0.1) is 0 Å². The zero-order valence-electron chi connectivity index (χ0n) is 14.5. The highest BCUT2D eigenvalue weighted by molar-refractivity contribution is 5.85. The lowest BCUT2D eigenvalue weighted by molar-refractivity contribution is -0.119. The lowest BCUT2D eigenvalue weighted by atomic mass is 10.2. The highest BCUT2D eigenvalue weighted by atomic mass is 19.3. The highest BCUT2D eigenvalue weighted by Crippen LogP contribution is 2.18. The molecule has 1 aliphatic carbocycles. The number of hydrogen-bond acceptors (Lipinski definition) is 3. The minimum atomic E-state index is -2.83. The number of amides is 1. The summed E-state index contributed by atoms with van der Waals surface area (Å²) in [6, 6.07) is 6.76. The Kier molecular flexibility index (Phi) is 6.97. The lowest BCUT2D eigenvalue weighted by Crippen LogP contribution is -2.39. The molecule has 1 aromatic rings. The minimum absolute atomic E-state index is 0.0737. The number of aliphatic imine (C=N–C) groups is 1. The normalized spacial score (nSPS) is 14.4. The highest BCUT2D eigenvalue weighted by Gasteiger charge is 2.23. The summed E-state index contributed by atoms with van der Waals surface area (Å²) in [7, 11) is 1.85. The average Bonchev–Trinajstić information content (AvgIpc) is 3.36. The monoisotopic (exact) mass is 354 g/mol. The van der Waals surface area contributed by atoms with Crippen molar-refractivity contribution in [2.45, 2.75) is 39.0 Å². The molecule has 25 heavy (non-hydrogen) atoms. The topological polar surface area (TPSA) is 66.0 Å². The van der Waals surface area contributed by atoms with Gasteiger partial charge in [-0.2, -0.15) is 8.78 Å². The molecule has 0 spiro atoms. The molecule has 0 unspecified atom stereocenters. The molecule has 6 nitrogen and oxygen atoms in total. The Morgan fingerprint density at radius 2 is 2.04 bits per heavy atom. The Morgan fingerprint density at radius 1 is 1.36 bits per heavy atom. The van der Waals surface area contributed by atoms with Crippen LogP contribution in [0.3, 0.4) is 0 Å². The van der Waals surface area contributed by atoms with Gasteiger partial charge in [0.1, 0.15) is 12.3 Å². The Balaban J connectivity index is 1.91. The average molecular weight is 354 g/mol. The van der Waals surface area contributed by atoms with Gasteiger partial charge in [0.05, 0.1) is 0 Å². The van der Waals surface area contributed by atoms with Crippen LogP contribution < -0.4 is 15.4 Å². The van der Waals surface area contributed by atoms with Crippen LogP contribution in [-0.4, -0.2) is 49.6 Å². The summed E-state index contributed by atoms with van der Waals surface area (Å²) in [5, 5.41) is 6.03. The van der Waals surface area contributed by atoms with Crippen LogP contribution in [-0.2, 0) is 11.3 Å². The SMILES string of the molecule is CCNC(=NCC(=O)NC1CC1)N(C)Cc1ccc(OC(F)F)cc1. The molecule has 1 amide bonds. The number of nitrogens with zero attached hydrogens (tertiary/aromatic N) is 2. The van der Waals surface area contributed by atoms with Crippen LogP contribution in [0.1, 0.15) is 25.3 Å². The van der Waals surface area contributed by atoms with Gasteiger partial charge in [0.15, 0.2) is 5.96 Å². The quantitative estimate of drug-likeness (QED) is 0.553. The van der Waals surface area contributed by atoms with E-state index in [-0.39, 0.29) is 18.2 Å². The molecule has 0 radical (unpaired) electrons. The number of halogens is 2. The van der Waals surface area contributed by atoms with Gasteiger partial charge >= 0.3 is 6.61 Å². The number of carbonyl (C=O) groups excluding carboxylic acids is 1. The van der Waals surface area contributed by atoms with E-state index >= 15 is 0 Å². The first-order valence-electron chi connectivity index (χ1n) is 8.30. The van der Waals surface area contributed by atoms with Gasteiger partial charge in [0, 0.05) is 26.2 Å². The van der Waals surface area contributed by atoms with Crippen molar-refractivity contribution < 1.29 is 18.3 Å². The Hall–Kier alpha value is -2.38. The molecule has 2 N–H and O–H groups in total. The zero-order chi connectivity index (χ0) is 18.2. The minimum Gasteiger partial charge on any atom is -0.435 e. The summed E-state index contributed by atoms with van der Waals surface area (Å²) in [6.07, 6.45) is 2.08. The summed E-state index contributed by atoms with van der Waals surface area (Å²) in [6.45, 7) is 0.386. The molecule has 1 aliphatic rings. The zero-order valence-corrected chi connectivity index (χ0v) is 14.5. The number of carbonyl (C=O) groups is 1. The number of hydrogen-bond donors (Lipinski definition) is 2. The summed E-state index contributed by atoms with van der Waals surface area (Å²) in [5.41, 5.74) is 0.914. The summed E-state index contributed by atoms with van der Waals surface area (Å²) in [5.74, 6) is 0.653. The number of alkyl halides is 2. The smallest absolute Gasteiger partial charge is 0.387 e. The van der Waals surface area contributed by atoms with Gasteiger partial charge in [-0.25, -0.2) is 4.99 Å². The number of ether oxygens (including phenoxy) is 1. The van der Waals surface area contributed by atoms with Crippen molar-refractivity contribution in [3.8, 4) is 5.75 Å². The van der Waals surface area contributed by atoms with E-state index in [1.807, 2.05) is 18.9 Å². The van der Waals surface area contributed by atoms with Crippen molar-refractivity contribution in [2.24, 2.45) is 4.99 Å². The van der Waals surface area contributed by atoms with Crippen molar-refractivity contribution in [1.29, 1.82) is 0 Å². The Morgan fingerprint density at radius 3 is 2.60 bits per heavy atom. The predicted octanol–water partition coefficient (Wildman–Crippen LogP) is 1.96. The maximum Gasteiger partial charge on any atom is 0.387 e. The number of guanidine groups is 1. The van der Waals surface area contributed by atoms with Gasteiger partial charge in [-0.3, -0.25) is 4.79 Å². The molecule has 0 aliphatic heterocycles. The van der Waals surface area contributed by atoms with Crippen molar-refractivity contribution in [2.75, 3.05) is 20.1 Å². The maximum absolute atomic E-state index is 12.2. The van der Waals surface area contributed by atoms with Crippen LogP contribution in [0.4, 0.5) is 8.78 Å². The van der Waals surface area contributed by atoms with Crippen molar-refractivity contribution in [1.82, 2.24) is 15.5 Å². The van der Waals surface area contributed by atoms with Crippen molar-refractivity contribution in [3.05, 3.63) is 29.8 Å². The number of benzene rings is 1. The van der Waals surface area contributed by atoms with Crippen molar-refractivity contribution >= 4 is 11.9 Å². The third kappa shape index (κ3) is 6.94. The molecule has 0 aromatic heterocycles. The van der Waals surface area contributed by atoms with E-state index in [0.717, 1.165) is 18.4 Å². The van der Waals surface area contributed by atoms with Crippen LogP contribution >= 0.6 is 0 Å². The van der Waals surface area contributed by atoms with Gasteiger partial charge in [0.25, 0.3) is 0 Å². The first-order chi connectivity index (χ1) is 12.0. The van der Waals surface area contributed by atoms with Crippen LogP contribution in [0.5, 0.6) is 5.75 Å². The largest absolute Gasteiger partial charge is 0.435 e. The second-order valence-corrected chi connectivity index (χ2v) is 5.89. The molecule has 0 atom stereocenters. The molecular formula is C17H24F2N4O2. The first-order valence-corrected chi connectivity index (χ1v) is 8.30. The second kappa shape index (κ2) is 9.19. The fourth-order valence-electron chi connectivity index (χ4n) is 2.24. The molecule has 1 fully saturated rings. The van der Waals surface area contributed by atoms with Crippen LogP contribution in [0.25, 0.3) is 0 Å². The van der Waals surface area contributed by atoms with E-state index in [4.69, 9.17) is 0 Å². The predicted molar refractivity (Wildman–Crippen MR) is 91.7 cm³/mol. The maximum atomic E-state index is 12.2. The standard InChI is InChI=1S/C17H24F2N4O2/c1-3-20-17(21-10-15(24)22-13-6-7-13)23(2)11-12-4-8-14(9-5-12)25-16(18)19/h4-5,8-9,13,16H,3,6-7,10-11H2,1-2H3,(H,20,21)(H,22,24). The van der Waals surface area contributed by atoms with Gasteiger partial charge < -0.3 is 20.3 Å². The van der Waals surface area contributed by atoms with Gasteiger partial charge in [-0.05, 0) is 37.5 Å². The molecule has 0 saturated heterocycles. The second-order valence-electron chi connectivity index (χ2n) is 5.89. The molecule has 1 saturated carbocycles. The third-order valence-electron chi connectivity index (χ3n) is 3.58. The summed E-state index contributed by atoms with van der Waals surface area (Å²) >= 11 is 0. The molecule has 0 heterocycles. The van der Waals surface area contributed by atoms with Crippen LogP contribution in [0.2, 0.25) is 0 Å². The fraction of sp³-hybridized carbons (Fsp3) is 0.529. The van der Waals surface area contributed by atoms with E-state index < -0.39 is 6.61 Å². The van der Waals surface area contributed by atoms with Crippen molar-refractivity contribution in [3.63, 3.8) is 0 Å². The van der Waals surface area contributed by atoms with Crippen LogP contribution in [0, 0.1) is 0 Å². The van der Waals surface area contributed by atoms with E-state index in [2.05, 4.69) is 20.4 Å². The van der Waals surface area contributed by atoms with E-state index in [0.29, 0.717) is 25.1 Å². The molecule has 1 aromatic carbocycles. The molecule has 0 bridgehead atoms. The number of rotatable bonds is 8. The first kappa shape index (κ1) is 19.0. The van der Waals surface area contributed by atoms with E-state index in [1.165, 1.54) is 12.1 Å². The molecule has 138 valence electrons. The van der Waals surface area contributed by atoms with E-state index in [1.54, 1.807) is 12.1 Å². The molecule has 2 rings (SSSR count). The fourth-order valence-corrected chi connectivity index (χ4v) is 2.24. The van der Waals surface area contributed by atoms with Gasteiger partial charge in [0.2, 0.25) is 5.91 Å². The third-order valence-corrected chi connectivity index (χ3v) is 3.58. The molecule has 8 heteroatoms. The Bertz CT molecular complexity index is 589.